The number of sulfonamides is 1. The molecule has 29 heavy (non-hydrogen) atoms. The van der Waals surface area contributed by atoms with Crippen LogP contribution < -0.4 is 9.04 Å². The van der Waals surface area contributed by atoms with Crippen LogP contribution in [-0.2, 0) is 19.6 Å². The third-order valence-electron chi connectivity index (χ3n) is 4.76. The number of carbonyl (C=O) groups excluding carboxylic acids is 2. The van der Waals surface area contributed by atoms with Crippen molar-refractivity contribution in [1.29, 1.82) is 0 Å². The number of piperazine rings is 1. The van der Waals surface area contributed by atoms with Crippen LogP contribution in [0.25, 0.3) is 0 Å². The predicted molar refractivity (Wildman–Crippen MR) is 110 cm³/mol. The Morgan fingerprint density at radius 1 is 1.17 bits per heavy atom. The second-order valence-electron chi connectivity index (χ2n) is 6.92. The number of aryl methyl sites for hydroxylation is 1. The lowest BCUT2D eigenvalue weighted by Gasteiger charge is -2.37. The zero-order valence-corrected chi connectivity index (χ0v) is 18.4. The fourth-order valence-electron chi connectivity index (χ4n) is 3.34. The van der Waals surface area contributed by atoms with Crippen molar-refractivity contribution < 1.29 is 27.5 Å². The lowest BCUT2D eigenvalue weighted by molar-refractivity contribution is -0.133. The molecule has 162 valence electrons. The van der Waals surface area contributed by atoms with E-state index in [9.17, 15) is 18.0 Å². The van der Waals surface area contributed by atoms with Gasteiger partial charge in [0.25, 0.3) is 0 Å². The maximum absolute atomic E-state index is 13.1. The van der Waals surface area contributed by atoms with Gasteiger partial charge in [0.1, 0.15) is 11.8 Å². The largest absolute Gasteiger partial charge is 0.495 e. The number of rotatable bonds is 6. The fraction of sp³-hybridized carbons (Fsp3) is 0.579. The highest BCUT2D eigenvalue weighted by molar-refractivity contribution is 7.92. The van der Waals surface area contributed by atoms with E-state index in [1.54, 1.807) is 30.9 Å². The van der Waals surface area contributed by atoms with Gasteiger partial charge in [0.2, 0.25) is 15.9 Å². The lowest BCUT2D eigenvalue weighted by Crippen LogP contribution is -2.56. The van der Waals surface area contributed by atoms with Gasteiger partial charge in [-0.3, -0.25) is 9.10 Å². The number of carbonyl (C=O) groups is 2. The van der Waals surface area contributed by atoms with Gasteiger partial charge in [0.15, 0.2) is 0 Å². The molecule has 1 atom stereocenters. The maximum Gasteiger partial charge on any atom is 0.409 e. The molecule has 0 bridgehead atoms. The van der Waals surface area contributed by atoms with Crippen LogP contribution in [0.3, 0.4) is 0 Å². The van der Waals surface area contributed by atoms with Gasteiger partial charge in [-0.25, -0.2) is 13.2 Å². The van der Waals surface area contributed by atoms with Crippen LogP contribution in [0.5, 0.6) is 5.75 Å². The Kier molecular flexibility index (Phi) is 7.34. The normalized spacial score (nSPS) is 15.6. The van der Waals surface area contributed by atoms with Gasteiger partial charge in [0.05, 0.1) is 25.7 Å². The van der Waals surface area contributed by atoms with Gasteiger partial charge in [-0.05, 0) is 38.5 Å². The summed E-state index contributed by atoms with van der Waals surface area (Å²) in [5.41, 5.74) is 1.16. The van der Waals surface area contributed by atoms with E-state index in [0.717, 1.165) is 16.1 Å². The monoisotopic (exact) mass is 427 g/mol. The number of hydrogen-bond acceptors (Lipinski definition) is 6. The molecule has 1 aromatic rings. The molecule has 1 aliphatic rings. The zero-order chi connectivity index (χ0) is 21.8. The van der Waals surface area contributed by atoms with Crippen LogP contribution in [0.2, 0.25) is 0 Å². The molecule has 0 spiro atoms. The summed E-state index contributed by atoms with van der Waals surface area (Å²) in [6.45, 7) is 6.71. The van der Waals surface area contributed by atoms with Gasteiger partial charge in [-0.2, -0.15) is 0 Å². The van der Waals surface area contributed by atoms with Gasteiger partial charge in [0, 0.05) is 26.2 Å². The van der Waals surface area contributed by atoms with Crippen LogP contribution in [-0.4, -0.2) is 82.4 Å². The molecule has 1 aliphatic heterocycles. The molecule has 2 amide bonds. The molecule has 0 saturated carbocycles. The summed E-state index contributed by atoms with van der Waals surface area (Å²) in [5.74, 6) is 0.0373. The van der Waals surface area contributed by atoms with E-state index in [1.165, 1.54) is 12.0 Å². The quantitative estimate of drug-likeness (QED) is 0.682. The van der Waals surface area contributed by atoms with Crippen molar-refractivity contribution in [2.45, 2.75) is 26.8 Å². The Balaban J connectivity index is 2.23. The number of methoxy groups -OCH3 is 1. The molecule has 0 aliphatic carbocycles. The molecule has 1 aromatic carbocycles. The summed E-state index contributed by atoms with van der Waals surface area (Å²) in [7, 11) is -2.31. The third kappa shape index (κ3) is 5.31. The minimum absolute atomic E-state index is 0.288. The fourth-order valence-corrected chi connectivity index (χ4v) is 4.50. The highest BCUT2D eigenvalue weighted by Gasteiger charge is 2.35. The average Bonchev–Trinajstić information content (AvgIpc) is 2.67. The van der Waals surface area contributed by atoms with Crippen molar-refractivity contribution in [1.82, 2.24) is 9.80 Å². The highest BCUT2D eigenvalue weighted by Crippen LogP contribution is 2.33. The zero-order valence-electron chi connectivity index (χ0n) is 17.5. The smallest absolute Gasteiger partial charge is 0.409 e. The Morgan fingerprint density at radius 2 is 1.76 bits per heavy atom. The van der Waals surface area contributed by atoms with Gasteiger partial charge < -0.3 is 19.3 Å². The number of hydrogen-bond donors (Lipinski definition) is 0. The predicted octanol–water partition coefficient (Wildman–Crippen LogP) is 1.46. The number of nitrogens with zero attached hydrogens (tertiary/aromatic N) is 3. The number of amides is 2. The molecule has 9 nitrogen and oxygen atoms in total. The van der Waals surface area contributed by atoms with Crippen LogP contribution in [0.1, 0.15) is 19.4 Å². The summed E-state index contributed by atoms with van der Waals surface area (Å²) in [5, 5.41) is 0. The molecule has 1 heterocycles. The van der Waals surface area contributed by atoms with Crippen LogP contribution in [0.15, 0.2) is 18.2 Å². The summed E-state index contributed by atoms with van der Waals surface area (Å²) < 4.78 is 36.6. The average molecular weight is 428 g/mol. The molecular formula is C19H29N3O6S. The number of benzene rings is 1. The van der Waals surface area contributed by atoms with Crippen molar-refractivity contribution in [3.63, 3.8) is 0 Å². The Hall–Kier alpha value is -2.49. The minimum atomic E-state index is -3.76. The number of anilines is 1. The lowest BCUT2D eigenvalue weighted by atomic mass is 10.1. The minimum Gasteiger partial charge on any atom is -0.495 e. The molecule has 1 saturated heterocycles. The number of ether oxygens (including phenoxy) is 2. The first kappa shape index (κ1) is 22.8. The molecule has 2 rings (SSSR count). The second kappa shape index (κ2) is 9.34. The molecule has 0 unspecified atom stereocenters. The Bertz CT molecular complexity index is 850. The van der Waals surface area contributed by atoms with E-state index in [4.69, 9.17) is 9.47 Å². The standard InChI is InChI=1S/C19H29N3O6S/c1-6-28-19(24)21-11-9-20(10-12-21)18(23)15(3)22(29(5,25)26)16-13-14(2)7-8-17(16)27-4/h7-8,13,15H,6,9-12H2,1-5H3/t15-/m1/s1. The molecule has 10 heteroatoms. The first-order valence-corrected chi connectivity index (χ1v) is 11.3. The maximum atomic E-state index is 13.1. The van der Waals surface area contributed by atoms with Gasteiger partial charge in [-0.1, -0.05) is 6.07 Å². The van der Waals surface area contributed by atoms with Crippen molar-refractivity contribution in [2.75, 3.05) is 50.5 Å². The molecule has 0 aromatic heterocycles. The Morgan fingerprint density at radius 3 is 2.28 bits per heavy atom. The molecular weight excluding hydrogens is 398 g/mol. The van der Waals surface area contributed by atoms with Crippen molar-refractivity contribution in [2.24, 2.45) is 0 Å². The molecule has 0 radical (unpaired) electrons. The summed E-state index contributed by atoms with van der Waals surface area (Å²) >= 11 is 0. The third-order valence-corrected chi connectivity index (χ3v) is 5.98. The summed E-state index contributed by atoms with van der Waals surface area (Å²) in [4.78, 5) is 28.0. The van der Waals surface area contributed by atoms with Crippen LogP contribution in [0, 0.1) is 6.92 Å². The van der Waals surface area contributed by atoms with Gasteiger partial charge >= 0.3 is 6.09 Å². The van der Waals surface area contributed by atoms with E-state index >= 15 is 0 Å². The molecule has 1 fully saturated rings. The summed E-state index contributed by atoms with van der Waals surface area (Å²) in [6.07, 6.45) is 0.659. The van der Waals surface area contributed by atoms with Crippen LogP contribution >= 0.6 is 0 Å². The van der Waals surface area contributed by atoms with Crippen molar-refractivity contribution >= 4 is 27.7 Å². The van der Waals surface area contributed by atoms with E-state index in [-0.39, 0.29) is 12.5 Å². The topological polar surface area (TPSA) is 96.5 Å². The van der Waals surface area contributed by atoms with E-state index in [2.05, 4.69) is 0 Å². The summed E-state index contributed by atoms with van der Waals surface area (Å²) in [6, 6.07) is 4.21. The van der Waals surface area contributed by atoms with Crippen molar-refractivity contribution in [3.8, 4) is 5.75 Å². The SMILES string of the molecule is CCOC(=O)N1CCN(C(=O)[C@@H](C)N(c2cc(C)ccc2OC)S(C)(=O)=O)CC1. The first-order chi connectivity index (χ1) is 13.6. The van der Waals surface area contributed by atoms with Crippen molar-refractivity contribution in [3.05, 3.63) is 23.8 Å². The highest BCUT2D eigenvalue weighted by atomic mass is 32.2. The molecule has 0 N–H and O–H groups in total. The van der Waals surface area contributed by atoms with Crippen LogP contribution in [0.4, 0.5) is 10.5 Å². The first-order valence-electron chi connectivity index (χ1n) is 9.44. The van der Waals surface area contributed by atoms with E-state index in [1.807, 2.05) is 13.0 Å². The van der Waals surface area contributed by atoms with E-state index in [0.29, 0.717) is 37.6 Å². The Labute approximate surface area is 172 Å². The van der Waals surface area contributed by atoms with E-state index < -0.39 is 22.2 Å². The second-order valence-corrected chi connectivity index (χ2v) is 8.78. The van der Waals surface area contributed by atoms with Gasteiger partial charge in [-0.15, -0.1) is 0 Å².